The molecule has 0 radical (unpaired) electrons. The largest absolute Gasteiger partial charge is 0.490 e. The van der Waals surface area contributed by atoms with E-state index in [0.29, 0.717) is 18.6 Å². The third kappa shape index (κ3) is 3.42. The molecule has 0 amide bonds. The van der Waals surface area contributed by atoms with Crippen LogP contribution in [0.4, 0.5) is 0 Å². The maximum absolute atomic E-state index is 5.93. The zero-order valence-corrected chi connectivity index (χ0v) is 15.2. The van der Waals surface area contributed by atoms with E-state index in [1.54, 1.807) is 0 Å². The molecule has 0 atom stereocenters. The monoisotopic (exact) mass is 343 g/mol. The van der Waals surface area contributed by atoms with Crippen molar-refractivity contribution < 1.29 is 9.47 Å². The van der Waals surface area contributed by atoms with Gasteiger partial charge < -0.3 is 19.7 Å². The van der Waals surface area contributed by atoms with E-state index < -0.39 is 0 Å². The highest BCUT2D eigenvalue weighted by molar-refractivity contribution is 5.80. The van der Waals surface area contributed by atoms with Crippen LogP contribution in [0.25, 0.3) is 0 Å². The number of aliphatic imine (C=N–C) groups is 1. The van der Waals surface area contributed by atoms with Crippen molar-refractivity contribution in [3.8, 4) is 11.5 Å². The van der Waals surface area contributed by atoms with Gasteiger partial charge in [-0.05, 0) is 37.7 Å². The molecular weight excluding hydrogens is 314 g/mol. The highest BCUT2D eigenvalue weighted by Crippen LogP contribution is 2.47. The summed E-state index contributed by atoms with van der Waals surface area (Å²) in [5, 5.41) is 3.48. The molecule has 5 heteroatoms. The second-order valence-corrected chi connectivity index (χ2v) is 7.49. The van der Waals surface area contributed by atoms with Gasteiger partial charge in [0.2, 0.25) is 0 Å². The smallest absolute Gasteiger partial charge is 0.194 e. The summed E-state index contributed by atoms with van der Waals surface area (Å²) in [7, 11) is 0. The molecule has 25 heavy (non-hydrogen) atoms. The molecule has 2 fully saturated rings. The topological polar surface area (TPSA) is 46.1 Å². The Balaban J connectivity index is 1.50. The predicted octanol–water partition coefficient (Wildman–Crippen LogP) is 3.19. The molecule has 1 saturated carbocycles. The van der Waals surface area contributed by atoms with E-state index in [0.717, 1.165) is 55.7 Å². The van der Waals surface area contributed by atoms with Gasteiger partial charge in [0.15, 0.2) is 17.5 Å². The number of nitrogens with zero attached hydrogens (tertiary/aromatic N) is 2. The number of likely N-dealkylation sites (tertiary alicyclic amines) is 1. The molecule has 0 unspecified atom stereocenters. The lowest BCUT2D eigenvalue weighted by Crippen LogP contribution is -2.42. The Bertz CT molecular complexity index is 640. The van der Waals surface area contributed by atoms with Gasteiger partial charge in [-0.1, -0.05) is 18.6 Å². The Morgan fingerprint density at radius 3 is 2.84 bits per heavy atom. The molecule has 2 heterocycles. The molecule has 1 N–H and O–H groups in total. The van der Waals surface area contributed by atoms with Gasteiger partial charge in [-0.2, -0.15) is 0 Å². The predicted molar refractivity (Wildman–Crippen MR) is 99.3 cm³/mol. The number of hydrogen-bond acceptors (Lipinski definition) is 3. The normalized spacial score (nSPS) is 21.8. The Morgan fingerprint density at radius 1 is 1.20 bits per heavy atom. The molecule has 2 aliphatic heterocycles. The van der Waals surface area contributed by atoms with Crippen LogP contribution >= 0.6 is 0 Å². The third-order valence-electron chi connectivity index (χ3n) is 5.74. The van der Waals surface area contributed by atoms with Gasteiger partial charge in [0.25, 0.3) is 0 Å². The average molecular weight is 343 g/mol. The summed E-state index contributed by atoms with van der Waals surface area (Å²) in [6.45, 7) is 7.37. The molecule has 4 rings (SSSR count). The molecule has 0 aromatic heterocycles. The zero-order valence-electron chi connectivity index (χ0n) is 15.2. The van der Waals surface area contributed by atoms with Crippen molar-refractivity contribution in [3.05, 3.63) is 23.8 Å². The van der Waals surface area contributed by atoms with Crippen LogP contribution in [0.15, 0.2) is 23.2 Å². The number of guanidine groups is 1. The number of rotatable bonds is 3. The summed E-state index contributed by atoms with van der Waals surface area (Å²) < 4.78 is 11.7. The van der Waals surface area contributed by atoms with Gasteiger partial charge in [-0.15, -0.1) is 0 Å². The molecule has 1 spiro atoms. The van der Waals surface area contributed by atoms with Crippen LogP contribution in [0.5, 0.6) is 11.5 Å². The Kier molecular flexibility index (Phi) is 4.73. The number of fused-ring (bicyclic) bond motifs is 1. The molecule has 1 aliphatic carbocycles. The van der Waals surface area contributed by atoms with Crippen molar-refractivity contribution in [2.75, 3.05) is 32.8 Å². The van der Waals surface area contributed by atoms with Crippen LogP contribution in [-0.2, 0) is 6.54 Å². The van der Waals surface area contributed by atoms with Crippen molar-refractivity contribution in [2.45, 2.75) is 45.6 Å². The molecule has 5 nitrogen and oxygen atoms in total. The van der Waals surface area contributed by atoms with Crippen molar-refractivity contribution in [3.63, 3.8) is 0 Å². The molecule has 0 bridgehead atoms. The number of nitrogens with one attached hydrogen (secondary N) is 1. The molecule has 3 aliphatic rings. The summed E-state index contributed by atoms with van der Waals surface area (Å²) in [4.78, 5) is 7.37. The number of benzene rings is 1. The van der Waals surface area contributed by atoms with Crippen LogP contribution in [0, 0.1) is 5.41 Å². The van der Waals surface area contributed by atoms with Crippen LogP contribution in [0.3, 0.4) is 0 Å². The fourth-order valence-corrected chi connectivity index (χ4v) is 4.17. The highest BCUT2D eigenvalue weighted by atomic mass is 16.5. The van der Waals surface area contributed by atoms with Crippen molar-refractivity contribution in [2.24, 2.45) is 10.4 Å². The minimum atomic E-state index is 0.580. The number of para-hydroxylation sites is 1. The maximum Gasteiger partial charge on any atom is 0.194 e. The lowest BCUT2D eigenvalue weighted by atomic mass is 9.68. The zero-order chi connectivity index (χ0) is 17.1. The summed E-state index contributed by atoms with van der Waals surface area (Å²) in [6.07, 6.45) is 6.42. The van der Waals surface area contributed by atoms with Gasteiger partial charge in [0.05, 0.1) is 19.8 Å². The molecule has 1 saturated heterocycles. The van der Waals surface area contributed by atoms with Gasteiger partial charge in [-0.25, -0.2) is 4.99 Å². The van der Waals surface area contributed by atoms with E-state index in [1.807, 2.05) is 12.1 Å². The first-order valence-electron chi connectivity index (χ1n) is 9.70. The van der Waals surface area contributed by atoms with E-state index in [1.165, 1.54) is 25.7 Å². The summed E-state index contributed by atoms with van der Waals surface area (Å²) >= 11 is 0. The van der Waals surface area contributed by atoms with Gasteiger partial charge >= 0.3 is 0 Å². The van der Waals surface area contributed by atoms with E-state index in [-0.39, 0.29) is 0 Å². The second kappa shape index (κ2) is 7.14. The molecular formula is C20H29N3O2. The minimum Gasteiger partial charge on any atom is -0.490 e. The summed E-state index contributed by atoms with van der Waals surface area (Å²) in [5.74, 6) is 2.76. The first-order chi connectivity index (χ1) is 12.3. The van der Waals surface area contributed by atoms with Crippen LogP contribution < -0.4 is 14.8 Å². The summed E-state index contributed by atoms with van der Waals surface area (Å²) in [6, 6.07) is 6.11. The van der Waals surface area contributed by atoms with Gasteiger partial charge in [0.1, 0.15) is 0 Å². The van der Waals surface area contributed by atoms with Gasteiger partial charge in [-0.3, -0.25) is 0 Å². The molecule has 1 aromatic rings. The minimum absolute atomic E-state index is 0.580. The third-order valence-corrected chi connectivity index (χ3v) is 5.74. The Hall–Kier alpha value is -1.91. The standard InChI is InChI=1S/C20H29N3O2/c1-2-21-19(23-11-10-20(15-23)8-4-9-20)22-14-16-6-3-7-17-18(16)25-13-5-12-24-17/h3,6-7H,2,4-5,8-15H2,1H3,(H,21,22). The van der Waals surface area contributed by atoms with E-state index in [4.69, 9.17) is 14.5 Å². The van der Waals surface area contributed by atoms with E-state index >= 15 is 0 Å². The van der Waals surface area contributed by atoms with E-state index in [9.17, 15) is 0 Å². The highest BCUT2D eigenvalue weighted by Gasteiger charge is 2.43. The van der Waals surface area contributed by atoms with Crippen molar-refractivity contribution >= 4 is 5.96 Å². The van der Waals surface area contributed by atoms with Crippen LogP contribution in [0.2, 0.25) is 0 Å². The van der Waals surface area contributed by atoms with E-state index in [2.05, 4.69) is 23.2 Å². The quantitative estimate of drug-likeness (QED) is 0.676. The Labute approximate surface area is 150 Å². The molecule has 1 aromatic carbocycles. The lowest BCUT2D eigenvalue weighted by Gasteiger charge is -2.38. The van der Waals surface area contributed by atoms with Gasteiger partial charge in [0, 0.05) is 31.6 Å². The van der Waals surface area contributed by atoms with Crippen LogP contribution in [0.1, 0.15) is 44.6 Å². The number of hydrogen-bond donors (Lipinski definition) is 1. The average Bonchev–Trinajstić information content (AvgIpc) is 2.92. The second-order valence-electron chi connectivity index (χ2n) is 7.49. The fourth-order valence-electron chi connectivity index (χ4n) is 4.17. The maximum atomic E-state index is 5.93. The Morgan fingerprint density at radius 2 is 2.08 bits per heavy atom. The number of ether oxygens (including phenoxy) is 2. The summed E-state index contributed by atoms with van der Waals surface area (Å²) in [5.41, 5.74) is 1.68. The SMILES string of the molecule is CCNC(=NCc1cccc2c1OCCCO2)N1CCC2(CCC2)C1. The van der Waals surface area contributed by atoms with Crippen molar-refractivity contribution in [1.29, 1.82) is 0 Å². The first-order valence-corrected chi connectivity index (χ1v) is 9.70. The first kappa shape index (κ1) is 16.6. The fraction of sp³-hybridized carbons (Fsp3) is 0.650. The lowest BCUT2D eigenvalue weighted by molar-refractivity contribution is 0.151. The molecule has 136 valence electrons. The van der Waals surface area contributed by atoms with Crippen LogP contribution in [-0.4, -0.2) is 43.7 Å². The van der Waals surface area contributed by atoms with Crippen molar-refractivity contribution in [1.82, 2.24) is 10.2 Å².